The van der Waals surface area contributed by atoms with Gasteiger partial charge in [-0.25, -0.2) is 0 Å². The normalized spacial score (nSPS) is 12.4. The number of aryl methyl sites for hydroxylation is 2. The molecule has 20 heavy (non-hydrogen) atoms. The molecule has 0 aliphatic rings. The van der Waals surface area contributed by atoms with Crippen LogP contribution >= 0.6 is 23.2 Å². The van der Waals surface area contributed by atoms with E-state index in [1.165, 1.54) is 0 Å². The summed E-state index contributed by atoms with van der Waals surface area (Å²) < 4.78 is 1.75. The van der Waals surface area contributed by atoms with Crippen LogP contribution in [0.25, 0.3) is 0 Å². The fourth-order valence-corrected chi connectivity index (χ4v) is 2.45. The second-order valence-corrected chi connectivity index (χ2v) is 5.42. The van der Waals surface area contributed by atoms with Crippen LogP contribution in [0, 0.1) is 0 Å². The predicted molar refractivity (Wildman–Crippen MR) is 82.5 cm³/mol. The molecule has 0 amide bonds. The molecule has 6 heteroatoms. The van der Waals surface area contributed by atoms with Crippen LogP contribution in [-0.2, 0) is 13.5 Å². The highest BCUT2D eigenvalue weighted by Crippen LogP contribution is 2.27. The molecule has 1 aromatic heterocycles. The van der Waals surface area contributed by atoms with E-state index in [4.69, 9.17) is 23.2 Å². The Morgan fingerprint density at radius 2 is 2.15 bits per heavy atom. The van der Waals surface area contributed by atoms with E-state index in [0.29, 0.717) is 22.2 Å². The number of halogens is 2. The zero-order valence-electron chi connectivity index (χ0n) is 11.4. The van der Waals surface area contributed by atoms with E-state index in [1.807, 2.05) is 20.2 Å². The van der Waals surface area contributed by atoms with Crippen molar-refractivity contribution in [2.75, 3.05) is 11.9 Å². The van der Waals surface area contributed by atoms with Gasteiger partial charge in [0.1, 0.15) is 0 Å². The Morgan fingerprint density at radius 1 is 1.40 bits per heavy atom. The van der Waals surface area contributed by atoms with Crippen molar-refractivity contribution in [2.24, 2.45) is 7.05 Å². The Morgan fingerprint density at radius 3 is 2.85 bits per heavy atom. The number of anilines is 1. The largest absolute Gasteiger partial charge is 0.387 e. The second-order valence-electron chi connectivity index (χ2n) is 4.58. The van der Waals surface area contributed by atoms with Crippen molar-refractivity contribution in [1.29, 1.82) is 0 Å². The Hall–Kier alpha value is -1.23. The standard InChI is InChI=1S/C14H17Cl2N3O/c1-3-12-13(8-19(2)18-12)17-7-14(20)10-6-9(15)4-5-11(10)16/h4-6,8,14,17,20H,3,7H2,1-2H3. The number of hydrogen-bond donors (Lipinski definition) is 2. The molecule has 1 aromatic carbocycles. The molecule has 0 saturated heterocycles. The van der Waals surface area contributed by atoms with E-state index in [2.05, 4.69) is 10.4 Å². The van der Waals surface area contributed by atoms with Crippen molar-refractivity contribution >= 4 is 28.9 Å². The molecule has 0 aliphatic carbocycles. The van der Waals surface area contributed by atoms with Crippen LogP contribution in [0.15, 0.2) is 24.4 Å². The number of benzene rings is 1. The van der Waals surface area contributed by atoms with Crippen LogP contribution < -0.4 is 5.32 Å². The summed E-state index contributed by atoms with van der Waals surface area (Å²) in [6.07, 6.45) is 1.99. The third kappa shape index (κ3) is 3.45. The number of aliphatic hydroxyl groups excluding tert-OH is 1. The van der Waals surface area contributed by atoms with Gasteiger partial charge in [0.15, 0.2) is 0 Å². The number of rotatable bonds is 5. The maximum absolute atomic E-state index is 10.2. The van der Waals surface area contributed by atoms with Crippen molar-refractivity contribution in [3.05, 3.63) is 45.7 Å². The van der Waals surface area contributed by atoms with Gasteiger partial charge in [0.05, 0.1) is 17.5 Å². The van der Waals surface area contributed by atoms with Gasteiger partial charge in [-0.2, -0.15) is 5.10 Å². The zero-order chi connectivity index (χ0) is 14.7. The van der Waals surface area contributed by atoms with E-state index < -0.39 is 6.10 Å². The molecule has 1 atom stereocenters. The van der Waals surface area contributed by atoms with Crippen LogP contribution in [0.5, 0.6) is 0 Å². The molecule has 1 heterocycles. The smallest absolute Gasteiger partial charge is 0.0977 e. The van der Waals surface area contributed by atoms with Crippen molar-refractivity contribution in [3.8, 4) is 0 Å². The summed E-state index contributed by atoms with van der Waals surface area (Å²) in [4.78, 5) is 0. The Bertz CT molecular complexity index is 598. The minimum atomic E-state index is -0.730. The predicted octanol–water partition coefficient (Wildman–Crippen LogP) is 3.43. The van der Waals surface area contributed by atoms with Gasteiger partial charge in [-0.05, 0) is 24.6 Å². The molecular weight excluding hydrogens is 297 g/mol. The van der Waals surface area contributed by atoms with Crippen molar-refractivity contribution in [3.63, 3.8) is 0 Å². The summed E-state index contributed by atoms with van der Waals surface area (Å²) in [6.45, 7) is 2.39. The third-order valence-corrected chi connectivity index (χ3v) is 3.62. The van der Waals surface area contributed by atoms with Gasteiger partial charge in [-0.3, -0.25) is 4.68 Å². The molecule has 0 spiro atoms. The van der Waals surface area contributed by atoms with Gasteiger partial charge in [-0.1, -0.05) is 30.1 Å². The summed E-state index contributed by atoms with van der Waals surface area (Å²) >= 11 is 12.0. The Balaban J connectivity index is 2.08. The monoisotopic (exact) mass is 313 g/mol. The van der Waals surface area contributed by atoms with E-state index in [0.717, 1.165) is 17.8 Å². The minimum absolute atomic E-state index is 0.346. The fourth-order valence-electron chi connectivity index (χ4n) is 2.03. The highest BCUT2D eigenvalue weighted by atomic mass is 35.5. The van der Waals surface area contributed by atoms with Crippen LogP contribution in [0.3, 0.4) is 0 Å². The van der Waals surface area contributed by atoms with Crippen molar-refractivity contribution in [1.82, 2.24) is 9.78 Å². The topological polar surface area (TPSA) is 50.1 Å². The van der Waals surface area contributed by atoms with E-state index in [9.17, 15) is 5.11 Å². The molecule has 2 N–H and O–H groups in total. The highest BCUT2D eigenvalue weighted by molar-refractivity contribution is 6.33. The van der Waals surface area contributed by atoms with E-state index >= 15 is 0 Å². The molecule has 1 unspecified atom stereocenters. The number of aromatic nitrogens is 2. The lowest BCUT2D eigenvalue weighted by atomic mass is 10.1. The molecule has 0 aliphatic heterocycles. The Labute approximate surface area is 128 Å². The van der Waals surface area contributed by atoms with Crippen molar-refractivity contribution < 1.29 is 5.11 Å². The molecular formula is C14H17Cl2N3O. The first-order chi connectivity index (χ1) is 9.51. The molecule has 4 nitrogen and oxygen atoms in total. The van der Waals surface area contributed by atoms with Gasteiger partial charge in [0, 0.05) is 35.4 Å². The Kier molecular flexibility index (Phi) is 4.91. The third-order valence-electron chi connectivity index (χ3n) is 3.04. The average molecular weight is 314 g/mol. The van der Waals surface area contributed by atoms with Crippen LogP contribution in [0.4, 0.5) is 5.69 Å². The first-order valence-corrected chi connectivity index (χ1v) is 7.16. The molecule has 0 bridgehead atoms. The van der Waals surface area contributed by atoms with Crippen molar-refractivity contribution in [2.45, 2.75) is 19.4 Å². The van der Waals surface area contributed by atoms with Gasteiger partial charge in [0.25, 0.3) is 0 Å². The van der Waals surface area contributed by atoms with E-state index in [-0.39, 0.29) is 0 Å². The molecule has 0 fully saturated rings. The zero-order valence-corrected chi connectivity index (χ0v) is 12.9. The van der Waals surface area contributed by atoms with Gasteiger partial charge in [0.2, 0.25) is 0 Å². The summed E-state index contributed by atoms with van der Waals surface area (Å²) in [6, 6.07) is 5.06. The second kappa shape index (κ2) is 6.48. The lowest BCUT2D eigenvalue weighted by Crippen LogP contribution is -2.13. The summed E-state index contributed by atoms with van der Waals surface area (Å²) in [5, 5.41) is 18.8. The van der Waals surface area contributed by atoms with Gasteiger partial charge in [-0.15, -0.1) is 0 Å². The number of aliphatic hydroxyl groups is 1. The van der Waals surface area contributed by atoms with Gasteiger partial charge < -0.3 is 10.4 Å². The summed E-state index contributed by atoms with van der Waals surface area (Å²) in [5.41, 5.74) is 2.51. The van der Waals surface area contributed by atoms with Crippen LogP contribution in [0.2, 0.25) is 10.0 Å². The molecule has 2 aromatic rings. The summed E-state index contributed by atoms with van der Waals surface area (Å²) in [7, 11) is 1.87. The molecule has 108 valence electrons. The highest BCUT2D eigenvalue weighted by Gasteiger charge is 2.13. The molecule has 0 radical (unpaired) electrons. The minimum Gasteiger partial charge on any atom is -0.387 e. The van der Waals surface area contributed by atoms with Gasteiger partial charge >= 0.3 is 0 Å². The first kappa shape index (κ1) is 15.2. The lowest BCUT2D eigenvalue weighted by molar-refractivity contribution is 0.191. The molecule has 0 saturated carbocycles. The number of hydrogen-bond acceptors (Lipinski definition) is 3. The lowest BCUT2D eigenvalue weighted by Gasteiger charge is -2.14. The number of nitrogens with zero attached hydrogens (tertiary/aromatic N) is 2. The summed E-state index contributed by atoms with van der Waals surface area (Å²) in [5.74, 6) is 0. The van der Waals surface area contributed by atoms with Crippen LogP contribution in [-0.4, -0.2) is 21.4 Å². The van der Waals surface area contributed by atoms with E-state index in [1.54, 1.807) is 22.9 Å². The fraction of sp³-hybridized carbons (Fsp3) is 0.357. The average Bonchev–Trinajstić information content (AvgIpc) is 2.79. The maximum Gasteiger partial charge on any atom is 0.0977 e. The maximum atomic E-state index is 10.2. The SMILES string of the molecule is CCc1nn(C)cc1NCC(O)c1cc(Cl)ccc1Cl. The quantitative estimate of drug-likeness (QED) is 0.889. The molecule has 2 rings (SSSR count). The van der Waals surface area contributed by atoms with Crippen LogP contribution in [0.1, 0.15) is 24.3 Å². The first-order valence-electron chi connectivity index (χ1n) is 6.40. The number of nitrogens with one attached hydrogen (secondary N) is 1.